The lowest BCUT2D eigenvalue weighted by molar-refractivity contribution is 0.401. The summed E-state index contributed by atoms with van der Waals surface area (Å²) >= 11 is 0. The fourth-order valence-corrected chi connectivity index (χ4v) is 6.72. The highest BCUT2D eigenvalue weighted by molar-refractivity contribution is 5.86. The van der Waals surface area contributed by atoms with E-state index in [1.165, 1.54) is 78.0 Å². The second kappa shape index (κ2) is 13.0. The molecule has 214 valence electrons. The third-order valence-electron chi connectivity index (χ3n) is 8.94. The van der Waals surface area contributed by atoms with Crippen molar-refractivity contribution >= 4 is 0 Å². The van der Waals surface area contributed by atoms with Gasteiger partial charge in [-0.15, -0.1) is 0 Å². The van der Waals surface area contributed by atoms with Gasteiger partial charge in [0.25, 0.3) is 0 Å². The van der Waals surface area contributed by atoms with Crippen molar-refractivity contribution in [3.8, 4) is 39.1 Å². The molecule has 0 radical (unpaired) electrons. The molecular formula is C38H42F2O. The van der Waals surface area contributed by atoms with Crippen LogP contribution in [0.5, 0.6) is 5.75 Å². The zero-order valence-electron chi connectivity index (χ0n) is 24.7. The highest BCUT2D eigenvalue weighted by Gasteiger charge is 2.42. The number of hydrogen-bond donors (Lipinski definition) is 0. The van der Waals surface area contributed by atoms with Crippen LogP contribution >= 0.6 is 0 Å². The standard InChI is InChI=1S/C38H42F2O/c1-4-6-8-10-22-38(23-11-9-7-5-2)35-24-28(27-12-17-31(41-3)18-13-27)14-19-33(35)34-20-15-29(25-36(34)38)32-21-16-30(39)26-37(32)40/h12-21,24-26H,4-11,22-23H2,1-3H3. The molecule has 0 spiro atoms. The third kappa shape index (κ3) is 5.96. The van der Waals surface area contributed by atoms with Crippen LogP contribution in [0.3, 0.4) is 0 Å². The van der Waals surface area contributed by atoms with E-state index < -0.39 is 11.6 Å². The van der Waals surface area contributed by atoms with E-state index in [4.69, 9.17) is 4.74 Å². The van der Waals surface area contributed by atoms with Crippen LogP contribution in [0.2, 0.25) is 0 Å². The minimum absolute atomic E-state index is 0.138. The van der Waals surface area contributed by atoms with Gasteiger partial charge >= 0.3 is 0 Å². The van der Waals surface area contributed by atoms with Gasteiger partial charge in [0.2, 0.25) is 0 Å². The van der Waals surface area contributed by atoms with Crippen LogP contribution in [0.4, 0.5) is 8.78 Å². The topological polar surface area (TPSA) is 9.23 Å². The molecule has 4 aromatic rings. The fraction of sp³-hybridized carbons (Fsp3) is 0.368. The van der Waals surface area contributed by atoms with Crippen LogP contribution in [0, 0.1) is 11.6 Å². The van der Waals surface area contributed by atoms with E-state index in [2.05, 4.69) is 56.3 Å². The first-order valence-electron chi connectivity index (χ1n) is 15.4. The SMILES string of the molecule is CCCCCCC1(CCCCCC)c2cc(-c3ccc(OC)cc3)ccc2-c2ccc(-c3ccc(F)cc3F)cc21. The molecule has 0 amide bonds. The zero-order chi connectivity index (χ0) is 28.8. The molecule has 0 unspecified atom stereocenters. The Morgan fingerprint density at radius 2 is 1.10 bits per heavy atom. The lowest BCUT2D eigenvalue weighted by atomic mass is 9.70. The molecule has 1 aliphatic rings. The number of methoxy groups -OCH3 is 1. The van der Waals surface area contributed by atoms with Gasteiger partial charge in [0.1, 0.15) is 17.4 Å². The fourth-order valence-electron chi connectivity index (χ4n) is 6.72. The van der Waals surface area contributed by atoms with Gasteiger partial charge in [-0.1, -0.05) is 102 Å². The Morgan fingerprint density at radius 3 is 1.66 bits per heavy atom. The Labute approximate surface area is 244 Å². The molecule has 0 heterocycles. The predicted molar refractivity (Wildman–Crippen MR) is 168 cm³/mol. The van der Waals surface area contributed by atoms with Crippen molar-refractivity contribution in [1.29, 1.82) is 0 Å². The third-order valence-corrected chi connectivity index (χ3v) is 8.94. The average molecular weight is 553 g/mol. The number of hydrogen-bond acceptors (Lipinski definition) is 1. The Morgan fingerprint density at radius 1 is 0.561 bits per heavy atom. The van der Waals surface area contributed by atoms with Crippen LogP contribution in [-0.2, 0) is 5.41 Å². The van der Waals surface area contributed by atoms with Gasteiger partial charge in [-0.25, -0.2) is 8.78 Å². The molecule has 0 bridgehead atoms. The van der Waals surface area contributed by atoms with Gasteiger partial charge < -0.3 is 4.74 Å². The largest absolute Gasteiger partial charge is 0.497 e. The molecule has 0 saturated heterocycles. The summed E-state index contributed by atoms with van der Waals surface area (Å²) in [5.74, 6) is -0.213. The molecule has 1 nitrogen and oxygen atoms in total. The highest BCUT2D eigenvalue weighted by Crippen LogP contribution is 2.55. The van der Waals surface area contributed by atoms with Crippen LogP contribution in [-0.4, -0.2) is 7.11 Å². The van der Waals surface area contributed by atoms with E-state index in [0.29, 0.717) is 5.56 Å². The van der Waals surface area contributed by atoms with Crippen molar-refractivity contribution in [3.05, 3.63) is 102 Å². The lowest BCUT2D eigenvalue weighted by Crippen LogP contribution is -2.25. The molecule has 0 N–H and O–H groups in total. The van der Waals surface area contributed by atoms with E-state index in [9.17, 15) is 8.78 Å². The minimum atomic E-state index is -0.549. The van der Waals surface area contributed by atoms with Gasteiger partial charge in [0.15, 0.2) is 0 Å². The van der Waals surface area contributed by atoms with E-state index in [-0.39, 0.29) is 5.41 Å². The summed E-state index contributed by atoms with van der Waals surface area (Å²) in [5.41, 5.74) is 8.74. The van der Waals surface area contributed by atoms with E-state index in [1.54, 1.807) is 13.2 Å². The second-order valence-corrected chi connectivity index (χ2v) is 11.6. The molecule has 41 heavy (non-hydrogen) atoms. The zero-order valence-corrected chi connectivity index (χ0v) is 24.7. The predicted octanol–water partition coefficient (Wildman–Crippen LogP) is 11.5. The first-order chi connectivity index (χ1) is 20.0. The quantitative estimate of drug-likeness (QED) is 0.150. The Bertz CT molecular complexity index is 1460. The van der Waals surface area contributed by atoms with Crippen LogP contribution in [0.15, 0.2) is 78.9 Å². The molecule has 1 aliphatic carbocycles. The summed E-state index contributed by atoms with van der Waals surface area (Å²) in [4.78, 5) is 0. The van der Waals surface area contributed by atoms with Crippen molar-refractivity contribution in [2.24, 2.45) is 0 Å². The Balaban J connectivity index is 1.65. The van der Waals surface area contributed by atoms with Gasteiger partial charge in [-0.05, 0) is 88.2 Å². The van der Waals surface area contributed by atoms with E-state index in [1.807, 2.05) is 18.2 Å². The Kier molecular flexibility index (Phi) is 9.22. The van der Waals surface area contributed by atoms with Crippen LogP contribution in [0.25, 0.3) is 33.4 Å². The molecule has 0 atom stereocenters. The monoisotopic (exact) mass is 552 g/mol. The second-order valence-electron chi connectivity index (χ2n) is 11.6. The summed E-state index contributed by atoms with van der Waals surface area (Å²) in [6.45, 7) is 4.51. The number of fused-ring (bicyclic) bond motifs is 3. The number of rotatable bonds is 13. The molecule has 0 aliphatic heterocycles. The normalized spacial score (nSPS) is 13.2. The van der Waals surface area contributed by atoms with Crippen LogP contribution in [0.1, 0.15) is 89.2 Å². The van der Waals surface area contributed by atoms with Crippen LogP contribution < -0.4 is 4.74 Å². The molecule has 0 saturated carbocycles. The summed E-state index contributed by atoms with van der Waals surface area (Å²) in [6.07, 6.45) is 11.7. The first-order valence-corrected chi connectivity index (χ1v) is 15.4. The molecule has 5 rings (SSSR count). The number of unbranched alkanes of at least 4 members (excludes halogenated alkanes) is 6. The molecule has 0 aromatic heterocycles. The highest BCUT2D eigenvalue weighted by atomic mass is 19.1. The van der Waals surface area contributed by atoms with Crippen molar-refractivity contribution in [2.75, 3.05) is 7.11 Å². The molecular weight excluding hydrogens is 510 g/mol. The van der Waals surface area contributed by atoms with Gasteiger partial charge in [0.05, 0.1) is 7.11 Å². The van der Waals surface area contributed by atoms with E-state index in [0.717, 1.165) is 43.1 Å². The number of benzene rings is 4. The maximum atomic E-state index is 15.0. The lowest BCUT2D eigenvalue weighted by Gasteiger charge is -2.33. The van der Waals surface area contributed by atoms with E-state index >= 15 is 0 Å². The molecule has 4 aromatic carbocycles. The summed E-state index contributed by atoms with van der Waals surface area (Å²) in [7, 11) is 1.69. The van der Waals surface area contributed by atoms with Crippen molar-refractivity contribution in [1.82, 2.24) is 0 Å². The Hall–Kier alpha value is -3.46. The maximum absolute atomic E-state index is 15.0. The molecule has 0 fully saturated rings. The van der Waals surface area contributed by atoms with Crippen molar-refractivity contribution in [2.45, 2.75) is 83.5 Å². The molecule has 3 heteroatoms. The first kappa shape index (κ1) is 29.0. The maximum Gasteiger partial charge on any atom is 0.133 e. The number of ether oxygens (including phenoxy) is 1. The van der Waals surface area contributed by atoms with Crippen molar-refractivity contribution < 1.29 is 13.5 Å². The average Bonchev–Trinajstić information content (AvgIpc) is 3.26. The van der Waals surface area contributed by atoms with Gasteiger partial charge in [-0.2, -0.15) is 0 Å². The van der Waals surface area contributed by atoms with Gasteiger partial charge in [0, 0.05) is 17.0 Å². The summed E-state index contributed by atoms with van der Waals surface area (Å²) in [6, 6.07) is 25.5. The number of halogens is 2. The minimum Gasteiger partial charge on any atom is -0.497 e. The summed E-state index contributed by atoms with van der Waals surface area (Å²) in [5, 5.41) is 0. The summed E-state index contributed by atoms with van der Waals surface area (Å²) < 4.78 is 34.1. The van der Waals surface area contributed by atoms with Crippen molar-refractivity contribution in [3.63, 3.8) is 0 Å². The smallest absolute Gasteiger partial charge is 0.133 e. The van der Waals surface area contributed by atoms with Gasteiger partial charge in [-0.3, -0.25) is 0 Å².